The van der Waals surface area contributed by atoms with Crippen LogP contribution in [0.4, 0.5) is 0 Å². The van der Waals surface area contributed by atoms with Crippen LogP contribution >= 0.6 is 15.9 Å². The number of aromatic amines is 1. The number of carbonyl (C=O) groups is 1. The fourth-order valence-corrected chi connectivity index (χ4v) is 4.13. The largest absolute Gasteiger partial charge is 0.358 e. The van der Waals surface area contributed by atoms with Gasteiger partial charge in [0, 0.05) is 46.1 Å². The van der Waals surface area contributed by atoms with Gasteiger partial charge in [0.05, 0.1) is 12.7 Å². The number of halogens is 1. The van der Waals surface area contributed by atoms with Crippen LogP contribution in [0.1, 0.15) is 27.3 Å². The second-order valence-corrected chi connectivity index (χ2v) is 7.95. The summed E-state index contributed by atoms with van der Waals surface area (Å²) >= 11 is 3.54. The second kappa shape index (κ2) is 6.91. The van der Waals surface area contributed by atoms with E-state index in [-0.39, 0.29) is 5.91 Å². The summed E-state index contributed by atoms with van der Waals surface area (Å²) in [6, 6.07) is 16.2. The number of rotatable bonds is 3. The minimum atomic E-state index is -0.0747. The first-order valence-corrected chi connectivity index (χ1v) is 9.99. The lowest BCUT2D eigenvalue weighted by Crippen LogP contribution is -2.36. The van der Waals surface area contributed by atoms with E-state index in [0.29, 0.717) is 25.3 Å². The smallest absolute Gasteiger partial charge is 0.276 e. The molecule has 28 heavy (non-hydrogen) atoms. The summed E-state index contributed by atoms with van der Waals surface area (Å²) in [5, 5.41) is 9.41. The molecule has 1 aliphatic heterocycles. The molecule has 0 atom stereocenters. The Morgan fingerprint density at radius 2 is 2.04 bits per heavy atom. The Balaban J connectivity index is 1.37. The Morgan fingerprint density at radius 1 is 1.18 bits per heavy atom. The van der Waals surface area contributed by atoms with E-state index < -0.39 is 0 Å². The lowest BCUT2D eigenvalue weighted by Gasteiger charge is -2.26. The fourth-order valence-electron chi connectivity index (χ4n) is 3.77. The van der Waals surface area contributed by atoms with E-state index in [9.17, 15) is 4.79 Å². The Hall–Kier alpha value is -2.93. The molecule has 5 rings (SSSR count). The topological polar surface area (TPSA) is 66.8 Å². The predicted octanol–water partition coefficient (Wildman–Crippen LogP) is 3.77. The third-order valence-corrected chi connectivity index (χ3v) is 5.66. The molecule has 4 aromatic rings. The van der Waals surface area contributed by atoms with E-state index in [1.165, 1.54) is 11.3 Å². The Bertz CT molecular complexity index is 1160. The molecule has 1 aliphatic rings. The molecule has 0 bridgehead atoms. The van der Waals surface area contributed by atoms with Gasteiger partial charge in [-0.1, -0.05) is 51.5 Å². The number of hydrogen-bond acceptors (Lipinski definition) is 3. The van der Waals surface area contributed by atoms with Gasteiger partial charge in [-0.25, -0.2) is 4.68 Å². The summed E-state index contributed by atoms with van der Waals surface area (Å²) in [6.45, 7) is 1.85. The molecule has 1 N–H and O–H groups in total. The maximum absolute atomic E-state index is 13.0. The third-order valence-electron chi connectivity index (χ3n) is 5.17. The van der Waals surface area contributed by atoms with Crippen LogP contribution in [0.3, 0.4) is 0 Å². The number of nitrogens with one attached hydrogen (secondary N) is 1. The van der Waals surface area contributed by atoms with Crippen molar-refractivity contribution in [1.82, 2.24) is 24.9 Å². The van der Waals surface area contributed by atoms with E-state index in [0.717, 1.165) is 27.4 Å². The minimum Gasteiger partial charge on any atom is -0.358 e. The molecule has 3 heterocycles. The molecule has 140 valence electrons. The average Bonchev–Trinajstić information content (AvgIpc) is 3.32. The molecule has 0 saturated carbocycles. The highest BCUT2D eigenvalue weighted by atomic mass is 79.9. The standard InChI is InChI=1S/C21H18BrN5O/c22-15-6-7-18-16(10-15)17-12-26(9-8-19(17)23-18)21(28)20-13-27(25-24-20)11-14-4-2-1-3-5-14/h1-7,10,13,23H,8-9,11-12H2. The van der Waals surface area contributed by atoms with Crippen molar-refractivity contribution in [3.8, 4) is 0 Å². The van der Waals surface area contributed by atoms with Gasteiger partial charge in [0.15, 0.2) is 5.69 Å². The van der Waals surface area contributed by atoms with Crippen LogP contribution in [0.5, 0.6) is 0 Å². The SMILES string of the molecule is O=C(c1cn(Cc2ccccc2)nn1)N1CCc2[nH]c3ccc(Br)cc3c2C1. The van der Waals surface area contributed by atoms with Crippen LogP contribution in [-0.4, -0.2) is 37.3 Å². The Labute approximate surface area is 170 Å². The first-order valence-electron chi connectivity index (χ1n) is 9.20. The molecule has 6 nitrogen and oxygen atoms in total. The molecular formula is C21H18BrN5O. The molecule has 0 radical (unpaired) electrons. The molecule has 0 saturated heterocycles. The van der Waals surface area contributed by atoms with E-state index in [2.05, 4.69) is 43.4 Å². The van der Waals surface area contributed by atoms with Gasteiger partial charge in [-0.2, -0.15) is 0 Å². The minimum absolute atomic E-state index is 0.0747. The first kappa shape index (κ1) is 17.2. The molecule has 0 aliphatic carbocycles. The summed E-state index contributed by atoms with van der Waals surface area (Å²) in [7, 11) is 0. The van der Waals surface area contributed by atoms with Crippen molar-refractivity contribution in [3.63, 3.8) is 0 Å². The molecular weight excluding hydrogens is 418 g/mol. The number of benzene rings is 2. The molecule has 0 fully saturated rings. The van der Waals surface area contributed by atoms with Gasteiger partial charge in [0.25, 0.3) is 5.91 Å². The highest BCUT2D eigenvalue weighted by Gasteiger charge is 2.26. The number of H-pyrrole nitrogens is 1. The molecule has 1 amide bonds. The lowest BCUT2D eigenvalue weighted by atomic mass is 10.0. The van der Waals surface area contributed by atoms with Crippen LogP contribution in [0.15, 0.2) is 59.2 Å². The zero-order valence-corrected chi connectivity index (χ0v) is 16.7. The predicted molar refractivity (Wildman–Crippen MR) is 110 cm³/mol. The number of fused-ring (bicyclic) bond motifs is 3. The van der Waals surface area contributed by atoms with Gasteiger partial charge >= 0.3 is 0 Å². The van der Waals surface area contributed by atoms with Crippen molar-refractivity contribution < 1.29 is 4.79 Å². The van der Waals surface area contributed by atoms with Crippen molar-refractivity contribution in [2.24, 2.45) is 0 Å². The molecule has 2 aromatic carbocycles. The molecule has 0 spiro atoms. The number of nitrogens with zero attached hydrogens (tertiary/aromatic N) is 4. The number of aromatic nitrogens is 4. The van der Waals surface area contributed by atoms with Gasteiger partial charge in [-0.05, 0) is 23.8 Å². The van der Waals surface area contributed by atoms with Gasteiger partial charge in [0.1, 0.15) is 0 Å². The lowest BCUT2D eigenvalue weighted by molar-refractivity contribution is 0.0729. The van der Waals surface area contributed by atoms with Crippen LogP contribution in [0.25, 0.3) is 10.9 Å². The van der Waals surface area contributed by atoms with Gasteiger partial charge in [-0.15, -0.1) is 5.10 Å². The van der Waals surface area contributed by atoms with Crippen molar-refractivity contribution in [3.05, 3.63) is 81.7 Å². The number of carbonyl (C=O) groups excluding carboxylic acids is 1. The van der Waals surface area contributed by atoms with Gasteiger partial charge < -0.3 is 9.88 Å². The summed E-state index contributed by atoms with van der Waals surface area (Å²) in [4.78, 5) is 18.3. The molecule has 0 unspecified atom stereocenters. The summed E-state index contributed by atoms with van der Waals surface area (Å²) in [5.74, 6) is -0.0747. The van der Waals surface area contributed by atoms with E-state index >= 15 is 0 Å². The zero-order valence-electron chi connectivity index (χ0n) is 15.1. The van der Waals surface area contributed by atoms with E-state index in [1.54, 1.807) is 10.9 Å². The second-order valence-electron chi connectivity index (χ2n) is 7.04. The molecule has 2 aromatic heterocycles. The van der Waals surface area contributed by atoms with Crippen LogP contribution in [0, 0.1) is 0 Å². The normalized spacial score (nSPS) is 13.7. The first-order chi connectivity index (χ1) is 13.7. The van der Waals surface area contributed by atoms with E-state index in [1.807, 2.05) is 41.3 Å². The van der Waals surface area contributed by atoms with Crippen molar-refractivity contribution in [1.29, 1.82) is 0 Å². The number of hydrogen-bond donors (Lipinski definition) is 1. The third kappa shape index (κ3) is 3.11. The number of amides is 1. The summed E-state index contributed by atoms with van der Waals surface area (Å²) < 4.78 is 2.75. The van der Waals surface area contributed by atoms with Crippen LogP contribution < -0.4 is 0 Å². The van der Waals surface area contributed by atoms with Crippen molar-refractivity contribution >= 4 is 32.7 Å². The van der Waals surface area contributed by atoms with Gasteiger partial charge in [-0.3, -0.25) is 4.79 Å². The Morgan fingerprint density at radius 3 is 2.89 bits per heavy atom. The average molecular weight is 436 g/mol. The highest BCUT2D eigenvalue weighted by Crippen LogP contribution is 2.30. The summed E-state index contributed by atoms with van der Waals surface area (Å²) in [6.07, 6.45) is 2.54. The van der Waals surface area contributed by atoms with Crippen molar-refractivity contribution in [2.45, 2.75) is 19.5 Å². The van der Waals surface area contributed by atoms with E-state index in [4.69, 9.17) is 0 Å². The monoisotopic (exact) mass is 435 g/mol. The van der Waals surface area contributed by atoms with Crippen molar-refractivity contribution in [2.75, 3.05) is 6.54 Å². The maximum Gasteiger partial charge on any atom is 0.276 e. The van der Waals surface area contributed by atoms with Gasteiger partial charge in [0.2, 0.25) is 0 Å². The van der Waals surface area contributed by atoms with Crippen LogP contribution in [-0.2, 0) is 19.5 Å². The fraction of sp³-hybridized carbons (Fsp3) is 0.190. The Kier molecular flexibility index (Phi) is 4.24. The maximum atomic E-state index is 13.0. The highest BCUT2D eigenvalue weighted by molar-refractivity contribution is 9.10. The van der Waals surface area contributed by atoms with Crippen LogP contribution in [0.2, 0.25) is 0 Å². The zero-order chi connectivity index (χ0) is 19.1. The summed E-state index contributed by atoms with van der Waals surface area (Å²) in [5.41, 5.74) is 5.02. The quantitative estimate of drug-likeness (QED) is 0.532. The molecule has 7 heteroatoms.